The molecule has 7 heteroatoms. The molecule has 0 aliphatic carbocycles. The summed E-state index contributed by atoms with van der Waals surface area (Å²) in [6.07, 6.45) is 1.69. The fourth-order valence-corrected chi connectivity index (χ4v) is 2.95. The second-order valence-electron chi connectivity index (χ2n) is 6.19. The smallest absolute Gasteiger partial charge is 0.268 e. The molecule has 0 N–H and O–H groups in total. The fraction of sp³-hybridized carbons (Fsp3) is 0.250. The van der Waals surface area contributed by atoms with Crippen LogP contribution in [-0.4, -0.2) is 23.9 Å². The Kier molecular flexibility index (Phi) is 5.89. The maximum Gasteiger partial charge on any atom is 0.268 e. The number of hydrogen-bond acceptors (Lipinski definition) is 7. The van der Waals surface area contributed by atoms with Crippen molar-refractivity contribution < 1.29 is 14.0 Å². The molecule has 138 valence electrons. The predicted molar refractivity (Wildman–Crippen MR) is 104 cm³/mol. The van der Waals surface area contributed by atoms with E-state index in [1.165, 1.54) is 11.3 Å². The van der Waals surface area contributed by atoms with Crippen molar-refractivity contribution in [3.63, 3.8) is 0 Å². The van der Waals surface area contributed by atoms with Crippen LogP contribution in [0.5, 0.6) is 11.5 Å². The number of hydrogen-bond donors (Lipinski definition) is 0. The Morgan fingerprint density at radius 2 is 2.19 bits per heavy atom. The average Bonchev–Trinajstić information content (AvgIpc) is 3.35. The molecule has 2 heterocycles. The SMILES string of the molecule is COc1ccc(/C=C(\C#N)c2nc(-c3cccs3)no2)cc1OCC(C)C. The van der Waals surface area contributed by atoms with Crippen LogP contribution in [0.3, 0.4) is 0 Å². The summed E-state index contributed by atoms with van der Waals surface area (Å²) in [7, 11) is 1.60. The second-order valence-corrected chi connectivity index (χ2v) is 7.13. The molecule has 0 aliphatic heterocycles. The molecule has 0 saturated heterocycles. The zero-order chi connectivity index (χ0) is 19.2. The summed E-state index contributed by atoms with van der Waals surface area (Å²) in [6, 6.07) is 11.4. The molecule has 0 fully saturated rings. The summed E-state index contributed by atoms with van der Waals surface area (Å²) in [4.78, 5) is 5.21. The van der Waals surface area contributed by atoms with E-state index in [4.69, 9.17) is 14.0 Å². The molecule has 6 nitrogen and oxygen atoms in total. The number of allylic oxidation sites excluding steroid dienone is 1. The van der Waals surface area contributed by atoms with E-state index < -0.39 is 0 Å². The van der Waals surface area contributed by atoms with E-state index in [-0.39, 0.29) is 11.5 Å². The Hall–Kier alpha value is -3.11. The Labute approximate surface area is 161 Å². The summed E-state index contributed by atoms with van der Waals surface area (Å²) in [6.45, 7) is 4.72. The van der Waals surface area contributed by atoms with Gasteiger partial charge in [0.25, 0.3) is 5.89 Å². The third-order valence-electron chi connectivity index (χ3n) is 3.59. The van der Waals surface area contributed by atoms with Gasteiger partial charge in [0.15, 0.2) is 11.5 Å². The largest absolute Gasteiger partial charge is 0.493 e. The molecule has 0 unspecified atom stereocenters. The first-order valence-corrected chi connectivity index (χ1v) is 9.29. The van der Waals surface area contributed by atoms with Gasteiger partial charge in [-0.25, -0.2) is 0 Å². The minimum Gasteiger partial charge on any atom is -0.493 e. The lowest BCUT2D eigenvalue weighted by molar-refractivity contribution is 0.257. The van der Waals surface area contributed by atoms with Crippen LogP contribution < -0.4 is 9.47 Å². The van der Waals surface area contributed by atoms with Gasteiger partial charge < -0.3 is 14.0 Å². The summed E-state index contributed by atoms with van der Waals surface area (Å²) < 4.78 is 16.4. The lowest BCUT2D eigenvalue weighted by Gasteiger charge is -2.13. The number of nitriles is 1. The van der Waals surface area contributed by atoms with Crippen molar-refractivity contribution in [1.82, 2.24) is 10.1 Å². The monoisotopic (exact) mass is 381 g/mol. The first kappa shape index (κ1) is 18.7. The number of benzene rings is 1. The van der Waals surface area contributed by atoms with Crippen LogP contribution in [0.1, 0.15) is 25.3 Å². The number of thiophene rings is 1. The van der Waals surface area contributed by atoms with Crippen LogP contribution in [0.25, 0.3) is 22.4 Å². The molecule has 0 bridgehead atoms. The highest BCUT2D eigenvalue weighted by atomic mass is 32.1. The van der Waals surface area contributed by atoms with Crippen molar-refractivity contribution in [2.24, 2.45) is 5.92 Å². The minimum absolute atomic E-state index is 0.182. The van der Waals surface area contributed by atoms with Crippen LogP contribution in [0.4, 0.5) is 0 Å². The van der Waals surface area contributed by atoms with Crippen LogP contribution in [0.15, 0.2) is 40.2 Å². The van der Waals surface area contributed by atoms with Gasteiger partial charge in [0.05, 0.1) is 18.6 Å². The van der Waals surface area contributed by atoms with Gasteiger partial charge in [0.1, 0.15) is 11.6 Å². The lowest BCUT2D eigenvalue weighted by atomic mass is 10.1. The molecule has 0 radical (unpaired) electrons. The highest BCUT2D eigenvalue weighted by molar-refractivity contribution is 7.13. The van der Waals surface area contributed by atoms with E-state index in [2.05, 4.69) is 30.1 Å². The van der Waals surface area contributed by atoms with E-state index in [0.29, 0.717) is 29.8 Å². The van der Waals surface area contributed by atoms with E-state index in [1.807, 2.05) is 29.6 Å². The molecule has 0 atom stereocenters. The number of ether oxygens (including phenoxy) is 2. The molecule has 1 aromatic carbocycles. The summed E-state index contributed by atoms with van der Waals surface area (Å²) >= 11 is 1.51. The van der Waals surface area contributed by atoms with Crippen molar-refractivity contribution in [3.05, 3.63) is 47.2 Å². The highest BCUT2D eigenvalue weighted by Gasteiger charge is 2.14. The van der Waals surface area contributed by atoms with Crippen molar-refractivity contribution in [3.8, 4) is 28.3 Å². The van der Waals surface area contributed by atoms with E-state index >= 15 is 0 Å². The maximum atomic E-state index is 9.53. The van der Waals surface area contributed by atoms with E-state index in [9.17, 15) is 5.26 Å². The molecule has 0 amide bonds. The maximum absolute atomic E-state index is 9.53. The Balaban J connectivity index is 1.89. The Morgan fingerprint density at radius 1 is 1.33 bits per heavy atom. The molecule has 0 saturated carbocycles. The van der Waals surface area contributed by atoms with Crippen molar-refractivity contribution in [1.29, 1.82) is 5.26 Å². The van der Waals surface area contributed by atoms with Gasteiger partial charge in [0, 0.05) is 0 Å². The second kappa shape index (κ2) is 8.52. The van der Waals surface area contributed by atoms with Gasteiger partial charge in [-0.2, -0.15) is 10.2 Å². The third kappa shape index (κ3) is 4.54. The van der Waals surface area contributed by atoms with Gasteiger partial charge >= 0.3 is 0 Å². The molecule has 0 spiro atoms. The molecule has 2 aromatic heterocycles. The van der Waals surface area contributed by atoms with Gasteiger partial charge in [-0.3, -0.25) is 0 Å². The summed E-state index contributed by atoms with van der Waals surface area (Å²) in [5.41, 5.74) is 1.06. The van der Waals surface area contributed by atoms with E-state index in [1.54, 1.807) is 19.3 Å². The van der Waals surface area contributed by atoms with Crippen molar-refractivity contribution in [2.75, 3.05) is 13.7 Å². The minimum atomic E-state index is 0.182. The van der Waals surface area contributed by atoms with Gasteiger partial charge in [-0.05, 0) is 41.1 Å². The number of methoxy groups -OCH3 is 1. The topological polar surface area (TPSA) is 81.2 Å². The average molecular weight is 381 g/mol. The van der Waals surface area contributed by atoms with Gasteiger partial charge in [-0.1, -0.05) is 31.1 Å². The Bertz CT molecular complexity index is 969. The van der Waals surface area contributed by atoms with Crippen molar-refractivity contribution in [2.45, 2.75) is 13.8 Å². The first-order chi connectivity index (χ1) is 13.1. The van der Waals surface area contributed by atoms with E-state index in [0.717, 1.165) is 10.4 Å². The summed E-state index contributed by atoms with van der Waals surface area (Å²) in [5, 5.41) is 15.4. The number of rotatable bonds is 7. The predicted octanol–water partition coefficient (Wildman–Crippen LogP) is 4.91. The number of nitrogens with zero attached hydrogens (tertiary/aromatic N) is 3. The normalized spacial score (nSPS) is 11.4. The quantitative estimate of drug-likeness (QED) is 0.541. The summed E-state index contributed by atoms with van der Waals surface area (Å²) in [5.74, 6) is 2.31. The molecule has 27 heavy (non-hydrogen) atoms. The third-order valence-corrected chi connectivity index (χ3v) is 4.46. The molecule has 3 aromatic rings. The first-order valence-electron chi connectivity index (χ1n) is 8.41. The van der Waals surface area contributed by atoms with Crippen LogP contribution in [0, 0.1) is 17.2 Å². The molecular formula is C20H19N3O3S. The van der Waals surface area contributed by atoms with Crippen LogP contribution in [-0.2, 0) is 0 Å². The highest BCUT2D eigenvalue weighted by Crippen LogP contribution is 2.30. The number of aromatic nitrogens is 2. The Morgan fingerprint density at radius 3 is 2.85 bits per heavy atom. The fourth-order valence-electron chi connectivity index (χ4n) is 2.30. The van der Waals surface area contributed by atoms with Crippen LogP contribution in [0.2, 0.25) is 0 Å². The lowest BCUT2D eigenvalue weighted by Crippen LogP contribution is -2.05. The standard InChI is InChI=1S/C20H19N3O3S/c1-13(2)12-25-17-10-14(6-7-16(17)24-3)9-15(11-21)20-22-19(23-26-20)18-5-4-8-27-18/h4-10,13H,12H2,1-3H3/b15-9+. The molecule has 0 aliphatic rings. The van der Waals surface area contributed by atoms with Gasteiger partial charge in [0.2, 0.25) is 5.82 Å². The van der Waals surface area contributed by atoms with Crippen LogP contribution >= 0.6 is 11.3 Å². The molecule has 3 rings (SSSR count). The van der Waals surface area contributed by atoms with Crippen molar-refractivity contribution >= 4 is 23.0 Å². The zero-order valence-electron chi connectivity index (χ0n) is 15.3. The molecular weight excluding hydrogens is 362 g/mol. The zero-order valence-corrected chi connectivity index (χ0v) is 16.1. The van der Waals surface area contributed by atoms with Gasteiger partial charge in [-0.15, -0.1) is 11.3 Å².